The number of ether oxygens (including phenoxy) is 1. The number of hydrogen-bond acceptors (Lipinski definition) is 2. The molecule has 1 unspecified atom stereocenters. The van der Waals surface area contributed by atoms with E-state index in [1.54, 1.807) is 7.11 Å². The second-order valence-corrected chi connectivity index (χ2v) is 3.98. The van der Waals surface area contributed by atoms with E-state index < -0.39 is 5.41 Å². The zero-order chi connectivity index (χ0) is 11.3. The van der Waals surface area contributed by atoms with E-state index in [9.17, 15) is 4.79 Å². The molecule has 0 saturated heterocycles. The minimum atomic E-state index is -0.459. The average Bonchev–Trinajstić information content (AvgIpc) is 2.63. The van der Waals surface area contributed by atoms with Crippen LogP contribution in [0.5, 0.6) is 0 Å². The second-order valence-electron chi connectivity index (χ2n) is 3.98. The molecule has 15 heavy (non-hydrogen) atoms. The largest absolute Gasteiger partial charge is 0.383 e. The molecule has 1 aliphatic carbocycles. The highest BCUT2D eigenvalue weighted by molar-refractivity contribution is 5.91. The summed E-state index contributed by atoms with van der Waals surface area (Å²) in [5.41, 5.74) is 0.724. The molecule has 1 rings (SSSR count). The Kier molecular flexibility index (Phi) is 4.28. The Morgan fingerprint density at radius 3 is 2.73 bits per heavy atom. The molecule has 0 radical (unpaired) electrons. The molecule has 0 amide bonds. The molecule has 84 valence electrons. The van der Waals surface area contributed by atoms with Crippen LogP contribution in [0.1, 0.15) is 33.1 Å². The molecule has 2 heteroatoms. The Morgan fingerprint density at radius 1 is 1.47 bits per heavy atom. The zero-order valence-electron chi connectivity index (χ0n) is 9.88. The highest BCUT2D eigenvalue weighted by atomic mass is 16.5. The standard InChI is InChI=1S/C13H20O2/c1-4-7-12(14)13(10-15-3)9-6-8-11(13)5-2/h6,8-9H,4-5,7,10H2,1-3H3. The van der Waals surface area contributed by atoms with Crippen LogP contribution in [0, 0.1) is 5.41 Å². The fourth-order valence-corrected chi connectivity index (χ4v) is 2.19. The quantitative estimate of drug-likeness (QED) is 0.671. The fourth-order valence-electron chi connectivity index (χ4n) is 2.19. The smallest absolute Gasteiger partial charge is 0.149 e. The fraction of sp³-hybridized carbons (Fsp3) is 0.615. The first-order valence-electron chi connectivity index (χ1n) is 5.62. The van der Waals surface area contributed by atoms with Gasteiger partial charge in [0.25, 0.3) is 0 Å². The lowest BCUT2D eigenvalue weighted by Crippen LogP contribution is -2.34. The van der Waals surface area contributed by atoms with Crippen LogP contribution in [0.15, 0.2) is 23.8 Å². The van der Waals surface area contributed by atoms with E-state index in [4.69, 9.17) is 4.74 Å². The third-order valence-corrected chi connectivity index (χ3v) is 2.98. The van der Waals surface area contributed by atoms with Crippen LogP contribution < -0.4 is 0 Å². The van der Waals surface area contributed by atoms with Gasteiger partial charge in [-0.25, -0.2) is 0 Å². The number of rotatable bonds is 6. The van der Waals surface area contributed by atoms with Crippen molar-refractivity contribution < 1.29 is 9.53 Å². The maximum absolute atomic E-state index is 12.2. The first-order valence-corrected chi connectivity index (χ1v) is 5.62. The third-order valence-electron chi connectivity index (χ3n) is 2.98. The molecule has 2 nitrogen and oxygen atoms in total. The van der Waals surface area contributed by atoms with Gasteiger partial charge in [0, 0.05) is 13.5 Å². The predicted molar refractivity (Wildman–Crippen MR) is 61.7 cm³/mol. The second kappa shape index (κ2) is 5.26. The minimum Gasteiger partial charge on any atom is -0.383 e. The van der Waals surface area contributed by atoms with E-state index >= 15 is 0 Å². The SMILES string of the molecule is CCCC(=O)C1(COC)C=CC=C1CC. The molecule has 0 spiro atoms. The van der Waals surface area contributed by atoms with Crippen molar-refractivity contribution in [1.29, 1.82) is 0 Å². The van der Waals surface area contributed by atoms with Crippen LogP contribution >= 0.6 is 0 Å². The topological polar surface area (TPSA) is 26.3 Å². The third kappa shape index (κ3) is 2.20. The number of ketones is 1. The van der Waals surface area contributed by atoms with Crippen molar-refractivity contribution in [3.63, 3.8) is 0 Å². The lowest BCUT2D eigenvalue weighted by atomic mass is 9.76. The van der Waals surface area contributed by atoms with E-state index in [0.29, 0.717) is 13.0 Å². The Labute approximate surface area is 92.0 Å². The van der Waals surface area contributed by atoms with Gasteiger partial charge in [0.2, 0.25) is 0 Å². The van der Waals surface area contributed by atoms with Crippen molar-refractivity contribution in [3.05, 3.63) is 23.8 Å². The lowest BCUT2D eigenvalue weighted by Gasteiger charge is -2.28. The van der Waals surface area contributed by atoms with Crippen molar-refractivity contribution in [2.24, 2.45) is 5.41 Å². The van der Waals surface area contributed by atoms with Crippen molar-refractivity contribution in [1.82, 2.24) is 0 Å². The number of hydrogen-bond donors (Lipinski definition) is 0. The van der Waals surface area contributed by atoms with Gasteiger partial charge in [-0.3, -0.25) is 4.79 Å². The number of Topliss-reactive ketones (excluding diaryl/α,β-unsaturated/α-hetero) is 1. The molecule has 0 aliphatic heterocycles. The summed E-state index contributed by atoms with van der Waals surface area (Å²) < 4.78 is 5.22. The first kappa shape index (κ1) is 12.2. The van der Waals surface area contributed by atoms with Crippen LogP contribution in [-0.2, 0) is 9.53 Å². The summed E-state index contributed by atoms with van der Waals surface area (Å²) in [6.07, 6.45) is 8.46. The van der Waals surface area contributed by atoms with E-state index in [0.717, 1.165) is 12.8 Å². The summed E-state index contributed by atoms with van der Waals surface area (Å²) in [5.74, 6) is 0.286. The molecule has 0 N–H and O–H groups in total. The highest BCUT2D eigenvalue weighted by Crippen LogP contribution is 2.38. The van der Waals surface area contributed by atoms with E-state index in [2.05, 4.69) is 6.92 Å². The van der Waals surface area contributed by atoms with Gasteiger partial charge in [0.15, 0.2) is 0 Å². The zero-order valence-corrected chi connectivity index (χ0v) is 9.88. The van der Waals surface area contributed by atoms with Crippen LogP contribution in [0.3, 0.4) is 0 Å². The molecule has 1 aliphatic rings. The molecule has 0 saturated carbocycles. The van der Waals surface area contributed by atoms with Gasteiger partial charge in [-0.15, -0.1) is 0 Å². The Morgan fingerprint density at radius 2 is 2.20 bits per heavy atom. The summed E-state index contributed by atoms with van der Waals surface area (Å²) in [6.45, 7) is 4.59. The average molecular weight is 208 g/mol. The van der Waals surface area contributed by atoms with Gasteiger partial charge in [-0.05, 0) is 12.8 Å². The van der Waals surface area contributed by atoms with E-state index in [1.165, 1.54) is 5.57 Å². The van der Waals surface area contributed by atoms with Gasteiger partial charge in [-0.2, -0.15) is 0 Å². The summed E-state index contributed by atoms with van der Waals surface area (Å²) in [6, 6.07) is 0. The van der Waals surface area contributed by atoms with Gasteiger partial charge in [0.1, 0.15) is 5.78 Å². The first-order chi connectivity index (χ1) is 7.21. The van der Waals surface area contributed by atoms with Gasteiger partial charge < -0.3 is 4.74 Å². The Bertz CT molecular complexity index is 289. The van der Waals surface area contributed by atoms with Crippen molar-refractivity contribution >= 4 is 5.78 Å². The van der Waals surface area contributed by atoms with E-state index in [1.807, 2.05) is 25.2 Å². The maximum atomic E-state index is 12.2. The molecular weight excluding hydrogens is 188 g/mol. The Hall–Kier alpha value is -0.890. The van der Waals surface area contributed by atoms with Gasteiger partial charge in [-0.1, -0.05) is 37.6 Å². The van der Waals surface area contributed by atoms with Crippen LogP contribution in [0.25, 0.3) is 0 Å². The maximum Gasteiger partial charge on any atom is 0.149 e. The molecule has 0 heterocycles. The summed E-state index contributed by atoms with van der Waals surface area (Å²) in [4.78, 5) is 12.2. The van der Waals surface area contributed by atoms with Crippen LogP contribution in [-0.4, -0.2) is 19.5 Å². The van der Waals surface area contributed by atoms with Crippen molar-refractivity contribution in [2.75, 3.05) is 13.7 Å². The van der Waals surface area contributed by atoms with Crippen LogP contribution in [0.4, 0.5) is 0 Å². The van der Waals surface area contributed by atoms with Gasteiger partial charge in [0.05, 0.1) is 12.0 Å². The Balaban J connectivity index is 2.93. The predicted octanol–water partition coefficient (Wildman–Crippen LogP) is 2.89. The molecule has 0 aromatic rings. The number of allylic oxidation sites excluding steroid dienone is 2. The summed E-state index contributed by atoms with van der Waals surface area (Å²) >= 11 is 0. The lowest BCUT2D eigenvalue weighted by molar-refractivity contribution is -0.126. The van der Waals surface area contributed by atoms with Gasteiger partial charge >= 0.3 is 0 Å². The molecule has 0 aromatic heterocycles. The van der Waals surface area contributed by atoms with Crippen molar-refractivity contribution in [2.45, 2.75) is 33.1 Å². The van der Waals surface area contributed by atoms with E-state index in [-0.39, 0.29) is 5.78 Å². The molecule has 1 atom stereocenters. The number of methoxy groups -OCH3 is 1. The molecular formula is C13H20O2. The van der Waals surface area contributed by atoms with Crippen LogP contribution in [0.2, 0.25) is 0 Å². The molecule has 0 aromatic carbocycles. The normalized spacial score (nSPS) is 24.3. The summed E-state index contributed by atoms with van der Waals surface area (Å²) in [5, 5.41) is 0. The monoisotopic (exact) mass is 208 g/mol. The molecule has 0 fully saturated rings. The number of carbonyl (C=O) groups excluding carboxylic acids is 1. The molecule has 0 bridgehead atoms. The highest BCUT2D eigenvalue weighted by Gasteiger charge is 2.39. The van der Waals surface area contributed by atoms with Crippen molar-refractivity contribution in [3.8, 4) is 0 Å². The number of carbonyl (C=O) groups is 1. The minimum absolute atomic E-state index is 0.286. The summed E-state index contributed by atoms with van der Waals surface area (Å²) in [7, 11) is 1.65.